The van der Waals surface area contributed by atoms with Crippen molar-refractivity contribution in [1.82, 2.24) is 14.9 Å². The van der Waals surface area contributed by atoms with Crippen molar-refractivity contribution in [2.45, 2.75) is 62.8 Å². The van der Waals surface area contributed by atoms with Crippen LogP contribution >= 0.6 is 0 Å². The highest BCUT2D eigenvalue weighted by Gasteiger charge is 2.49. The molecule has 4 heterocycles. The molecule has 2 atom stereocenters. The van der Waals surface area contributed by atoms with Crippen LogP contribution in [0.4, 0.5) is 19.0 Å². The Morgan fingerprint density at radius 2 is 1.80 bits per heavy atom. The van der Waals surface area contributed by atoms with Crippen LogP contribution < -0.4 is 9.64 Å². The number of phenolic OH excluding ortho intramolecular Hbond substituents is 1. The zero-order valence-corrected chi connectivity index (χ0v) is 25.4. The Kier molecular flexibility index (Phi) is 6.85. The number of aromatic nitrogens is 2. The molecule has 1 aliphatic carbocycles. The number of benzene rings is 3. The van der Waals surface area contributed by atoms with Gasteiger partial charge in [-0.25, -0.2) is 13.2 Å². The van der Waals surface area contributed by atoms with E-state index >= 15 is 4.39 Å². The first-order chi connectivity index (χ1) is 22.2. The topological polar surface area (TPSA) is 82.0 Å². The summed E-state index contributed by atoms with van der Waals surface area (Å²) < 4.78 is 52.4. The van der Waals surface area contributed by atoms with Crippen molar-refractivity contribution in [3.63, 3.8) is 0 Å². The minimum Gasteiger partial charge on any atom is -0.508 e. The van der Waals surface area contributed by atoms with E-state index in [1.54, 1.807) is 12.1 Å². The lowest BCUT2D eigenvalue weighted by molar-refractivity contribution is -0.0464. The van der Waals surface area contributed by atoms with Crippen molar-refractivity contribution in [2.24, 2.45) is 5.41 Å². The van der Waals surface area contributed by atoms with E-state index in [4.69, 9.17) is 16.1 Å². The molecule has 3 aromatic carbocycles. The number of nitrogens with zero attached hydrogens (tertiary/aromatic N) is 4. The van der Waals surface area contributed by atoms with Crippen LogP contribution in [0.5, 0.6) is 11.8 Å². The molecular formula is C36H35F3N4O3. The van der Waals surface area contributed by atoms with Gasteiger partial charge in [-0.05, 0) is 85.7 Å². The van der Waals surface area contributed by atoms with Crippen LogP contribution in [0, 0.1) is 29.4 Å². The fourth-order valence-corrected chi connectivity index (χ4v) is 8.61. The van der Waals surface area contributed by atoms with E-state index in [-0.39, 0.29) is 52.1 Å². The SMILES string of the molecule is C#Cc1c(F)ccc2cc(O)cc(-c3ccc4c(N5CCC6(CC5)CC(O)C6)nc(OC[C@@]56CCCN5C[C@H](F)C6)nc4c3F)c12. The van der Waals surface area contributed by atoms with Crippen molar-refractivity contribution in [3.8, 4) is 35.2 Å². The molecule has 2 N–H and O–H groups in total. The molecule has 0 unspecified atom stereocenters. The van der Waals surface area contributed by atoms with Crippen LogP contribution in [0.25, 0.3) is 32.8 Å². The molecule has 0 bridgehead atoms. The molecule has 4 aromatic rings. The standard InChI is InChI=1S/C36H35F3N4O3/c1-2-25-29(38)7-4-21-14-23(44)15-28(30(21)25)26-5-6-27-32(31(26)39)40-34(46-20-36-8-3-11-43(36)19-22(37)16-36)41-33(27)42-12-9-35(10-13-42)17-24(45)18-35/h1,4-7,14-15,22,24,44-45H,3,8-13,16-20H2/t22-,36+/m1/s1. The molecule has 4 aliphatic rings. The second-order valence-corrected chi connectivity index (χ2v) is 13.7. The van der Waals surface area contributed by atoms with E-state index in [9.17, 15) is 19.0 Å². The Balaban J connectivity index is 1.24. The first-order valence-electron chi connectivity index (χ1n) is 16.0. The van der Waals surface area contributed by atoms with Crippen LogP contribution in [0.1, 0.15) is 50.5 Å². The fourth-order valence-electron chi connectivity index (χ4n) is 8.61. The number of aliphatic hydroxyl groups is 1. The number of piperidine rings is 1. The van der Waals surface area contributed by atoms with Crippen molar-refractivity contribution >= 4 is 27.5 Å². The fraction of sp³-hybridized carbons (Fsp3) is 0.444. The van der Waals surface area contributed by atoms with E-state index in [2.05, 4.69) is 20.7 Å². The molecule has 0 amide bonds. The summed E-state index contributed by atoms with van der Waals surface area (Å²) in [6.45, 7) is 2.76. The van der Waals surface area contributed by atoms with Gasteiger partial charge in [-0.1, -0.05) is 18.1 Å². The minimum atomic E-state index is -0.919. The molecule has 8 rings (SSSR count). The van der Waals surface area contributed by atoms with Gasteiger partial charge in [0.2, 0.25) is 0 Å². The molecule has 46 heavy (non-hydrogen) atoms. The third-order valence-electron chi connectivity index (χ3n) is 10.9. The molecule has 3 saturated heterocycles. The number of anilines is 1. The van der Waals surface area contributed by atoms with Gasteiger partial charge in [-0.3, -0.25) is 4.90 Å². The Morgan fingerprint density at radius 3 is 2.57 bits per heavy atom. The Bertz CT molecular complexity index is 1910. The summed E-state index contributed by atoms with van der Waals surface area (Å²) in [6.07, 6.45) is 10.0. The lowest BCUT2D eigenvalue weighted by atomic mass is 9.61. The summed E-state index contributed by atoms with van der Waals surface area (Å²) in [6, 6.07) is 8.92. The quantitative estimate of drug-likeness (QED) is 0.258. The number of phenols is 1. The van der Waals surface area contributed by atoms with Gasteiger partial charge in [0.1, 0.15) is 35.7 Å². The van der Waals surface area contributed by atoms with Gasteiger partial charge in [-0.15, -0.1) is 6.42 Å². The number of fused-ring (bicyclic) bond motifs is 3. The Morgan fingerprint density at radius 1 is 1.00 bits per heavy atom. The van der Waals surface area contributed by atoms with Crippen LogP contribution in [0.15, 0.2) is 36.4 Å². The molecule has 10 heteroatoms. The van der Waals surface area contributed by atoms with E-state index < -0.39 is 23.3 Å². The smallest absolute Gasteiger partial charge is 0.319 e. The molecule has 3 aliphatic heterocycles. The van der Waals surface area contributed by atoms with Crippen molar-refractivity contribution in [3.05, 3.63) is 53.6 Å². The molecule has 7 nitrogen and oxygen atoms in total. The van der Waals surface area contributed by atoms with E-state index in [0.29, 0.717) is 48.0 Å². The predicted molar refractivity (Wildman–Crippen MR) is 170 cm³/mol. The van der Waals surface area contributed by atoms with E-state index in [0.717, 1.165) is 45.1 Å². The van der Waals surface area contributed by atoms with Crippen LogP contribution in [0.2, 0.25) is 0 Å². The second-order valence-electron chi connectivity index (χ2n) is 13.7. The van der Waals surface area contributed by atoms with Gasteiger partial charge in [0.15, 0.2) is 5.82 Å². The van der Waals surface area contributed by atoms with E-state index in [1.807, 2.05) is 0 Å². The number of rotatable bonds is 5. The maximum absolute atomic E-state index is 16.8. The Labute approximate surface area is 265 Å². The molecule has 1 aromatic heterocycles. The largest absolute Gasteiger partial charge is 0.508 e. The highest BCUT2D eigenvalue weighted by Crippen LogP contribution is 2.50. The summed E-state index contributed by atoms with van der Waals surface area (Å²) in [7, 11) is 0. The van der Waals surface area contributed by atoms with Gasteiger partial charge in [0.05, 0.1) is 17.2 Å². The third-order valence-corrected chi connectivity index (χ3v) is 10.9. The molecule has 1 spiro atoms. The second kappa shape index (κ2) is 10.7. The van der Waals surface area contributed by atoms with E-state index in [1.165, 1.54) is 24.3 Å². The van der Waals surface area contributed by atoms with Crippen molar-refractivity contribution < 1.29 is 28.1 Å². The summed E-state index contributed by atoms with van der Waals surface area (Å²) in [4.78, 5) is 13.7. The maximum Gasteiger partial charge on any atom is 0.319 e. The summed E-state index contributed by atoms with van der Waals surface area (Å²) in [5, 5.41) is 21.8. The maximum atomic E-state index is 16.8. The zero-order valence-electron chi connectivity index (χ0n) is 25.4. The van der Waals surface area contributed by atoms with Crippen LogP contribution in [0.3, 0.4) is 0 Å². The highest BCUT2D eigenvalue weighted by molar-refractivity contribution is 6.04. The number of hydrogen-bond acceptors (Lipinski definition) is 7. The number of terminal acetylenes is 1. The molecule has 4 fully saturated rings. The number of hydrogen-bond donors (Lipinski definition) is 2. The lowest BCUT2D eigenvalue weighted by Crippen LogP contribution is -2.49. The summed E-state index contributed by atoms with van der Waals surface area (Å²) >= 11 is 0. The van der Waals surface area contributed by atoms with Gasteiger partial charge in [0.25, 0.3) is 0 Å². The number of halogens is 3. The number of aromatic hydroxyl groups is 1. The molecular weight excluding hydrogens is 593 g/mol. The van der Waals surface area contributed by atoms with Crippen LogP contribution in [-0.2, 0) is 0 Å². The number of ether oxygens (including phenoxy) is 1. The van der Waals surface area contributed by atoms with Gasteiger partial charge in [-0.2, -0.15) is 9.97 Å². The summed E-state index contributed by atoms with van der Waals surface area (Å²) in [5.41, 5.74) is 0.0512. The summed E-state index contributed by atoms with van der Waals surface area (Å²) in [5.74, 6) is 1.53. The Hall–Kier alpha value is -4.07. The average Bonchev–Trinajstić information content (AvgIpc) is 3.55. The third kappa shape index (κ3) is 4.66. The monoisotopic (exact) mass is 628 g/mol. The predicted octanol–water partition coefficient (Wildman–Crippen LogP) is 6.11. The van der Waals surface area contributed by atoms with Crippen molar-refractivity contribution in [1.29, 1.82) is 0 Å². The normalized spacial score (nSPS) is 24.4. The number of alkyl halides is 1. The van der Waals surface area contributed by atoms with Gasteiger partial charge >= 0.3 is 6.01 Å². The molecule has 238 valence electrons. The first kappa shape index (κ1) is 29.3. The minimum absolute atomic E-state index is 0.0116. The van der Waals surface area contributed by atoms with Crippen molar-refractivity contribution in [2.75, 3.05) is 37.7 Å². The van der Waals surface area contributed by atoms with Crippen LogP contribution in [-0.4, -0.2) is 75.7 Å². The molecule has 1 saturated carbocycles. The first-order valence-corrected chi connectivity index (χ1v) is 16.0. The average molecular weight is 629 g/mol. The van der Waals surface area contributed by atoms with Gasteiger partial charge < -0.3 is 19.8 Å². The lowest BCUT2D eigenvalue weighted by Gasteiger charge is -2.50. The zero-order chi connectivity index (χ0) is 31.8. The highest BCUT2D eigenvalue weighted by atomic mass is 19.1. The van der Waals surface area contributed by atoms with Gasteiger partial charge in [0, 0.05) is 42.4 Å². The number of aliphatic hydroxyl groups excluding tert-OH is 1. The molecule has 0 radical (unpaired) electrons.